The Bertz CT molecular complexity index is 2340. The van der Waals surface area contributed by atoms with Gasteiger partial charge in [-0.05, 0) is 208 Å². The van der Waals surface area contributed by atoms with Gasteiger partial charge in [0.1, 0.15) is 12.1 Å². The van der Waals surface area contributed by atoms with Crippen molar-refractivity contribution in [3.63, 3.8) is 0 Å². The zero-order valence-electron chi connectivity index (χ0n) is 44.6. The zero-order valence-corrected chi connectivity index (χ0v) is 44.6. The number of rotatable bonds is 4. The van der Waals surface area contributed by atoms with Gasteiger partial charge in [0.25, 0.3) is 0 Å². The first-order valence-electron chi connectivity index (χ1n) is 27.5. The van der Waals surface area contributed by atoms with Crippen molar-refractivity contribution in [1.29, 1.82) is 10.5 Å². The molecule has 0 aromatic heterocycles. The Morgan fingerprint density at radius 1 is 0.507 bits per heavy atom. The smallest absolute Gasteiger partial charge is 0.320 e. The number of nitriles is 2. The fourth-order valence-corrected chi connectivity index (χ4v) is 22.5. The van der Waals surface area contributed by atoms with Crippen LogP contribution in [0.1, 0.15) is 186 Å². The number of Topliss-reactive ketones (excluding diaryl/α,β-unsaturated/α-hetero) is 2. The van der Waals surface area contributed by atoms with Crippen LogP contribution in [0.15, 0.2) is 47.6 Å². The summed E-state index contributed by atoms with van der Waals surface area (Å²) in [6.45, 7) is 36.5. The summed E-state index contributed by atoms with van der Waals surface area (Å²) in [6, 6.07) is 4.62. The number of ketones is 2. The van der Waals surface area contributed by atoms with Gasteiger partial charge in [-0.15, -0.1) is 0 Å². The Balaban J connectivity index is 0.963. The highest BCUT2D eigenvalue weighted by molar-refractivity contribution is 6.04. The van der Waals surface area contributed by atoms with E-state index in [-0.39, 0.29) is 103 Å². The van der Waals surface area contributed by atoms with Gasteiger partial charge in [0.2, 0.25) is 0 Å². The van der Waals surface area contributed by atoms with Crippen LogP contribution in [0.2, 0.25) is 0 Å². The van der Waals surface area contributed by atoms with Gasteiger partial charge in [0, 0.05) is 10.8 Å². The number of carbonyl (C=O) groups is 4. The molecule has 0 aromatic rings. The Morgan fingerprint density at radius 3 is 1.20 bits per heavy atom. The normalized spacial score (nSPS) is 50.8. The summed E-state index contributed by atoms with van der Waals surface area (Å²) in [7, 11) is 0. The predicted molar refractivity (Wildman–Crippen MR) is 268 cm³/mol. The highest BCUT2D eigenvalue weighted by atomic mass is 16.6. The largest absolute Gasteiger partial charge is 0.392 e. The van der Waals surface area contributed by atoms with E-state index < -0.39 is 21.7 Å². The van der Waals surface area contributed by atoms with Crippen LogP contribution in [0.25, 0.3) is 0 Å². The van der Waals surface area contributed by atoms with E-state index in [1.54, 1.807) is 0 Å². The number of hydrogen-bond donors (Lipinski definition) is 0. The van der Waals surface area contributed by atoms with Gasteiger partial charge in [-0.3, -0.25) is 19.2 Å². The van der Waals surface area contributed by atoms with Crippen LogP contribution < -0.4 is 0 Å². The van der Waals surface area contributed by atoms with Crippen LogP contribution in [0, 0.1) is 136 Å². The molecule has 2 unspecified atom stereocenters. The molecule has 8 saturated carbocycles. The van der Waals surface area contributed by atoms with Crippen molar-refractivity contribution in [3.05, 3.63) is 47.6 Å². The maximum absolute atomic E-state index is 15.6. The van der Waals surface area contributed by atoms with Crippen molar-refractivity contribution in [3.8, 4) is 12.1 Å². The minimum Gasteiger partial charge on any atom is -0.392 e. The van der Waals surface area contributed by atoms with E-state index in [4.69, 9.17) is 4.74 Å². The lowest BCUT2D eigenvalue weighted by Gasteiger charge is -2.71. The van der Waals surface area contributed by atoms with Crippen LogP contribution in [0.5, 0.6) is 0 Å². The molecule has 8 fully saturated rings. The van der Waals surface area contributed by atoms with E-state index in [9.17, 15) is 20.1 Å². The molecule has 0 aromatic carbocycles. The van der Waals surface area contributed by atoms with Gasteiger partial charge in [0.05, 0.1) is 22.0 Å². The molecule has 0 bridgehead atoms. The second-order valence-electron chi connectivity index (χ2n) is 28.5. The molecule has 7 nitrogen and oxygen atoms in total. The first kappa shape index (κ1) is 49.0. The first-order chi connectivity index (χ1) is 32.1. The highest BCUT2D eigenvalue weighted by Crippen LogP contribution is 2.79. The average molecular weight is 937 g/mol. The lowest BCUT2D eigenvalue weighted by atomic mass is 9.32. The van der Waals surface area contributed by atoms with Gasteiger partial charge >= 0.3 is 11.9 Å². The van der Waals surface area contributed by atoms with E-state index in [1.807, 2.05) is 0 Å². The van der Waals surface area contributed by atoms with Crippen molar-refractivity contribution in [2.24, 2.45) is 113 Å². The third-order valence-electron chi connectivity index (χ3n) is 26.0. The highest BCUT2D eigenvalue weighted by Gasteiger charge is 2.75. The molecule has 0 spiro atoms. The summed E-state index contributed by atoms with van der Waals surface area (Å²) in [5.41, 5.74) is -0.738. The van der Waals surface area contributed by atoms with Crippen molar-refractivity contribution in [1.82, 2.24) is 0 Å². The fraction of sp³-hybridized carbons (Fsp3) is 0.774. The zero-order chi connectivity index (χ0) is 50.2. The monoisotopic (exact) mass is 937 g/mol. The quantitative estimate of drug-likeness (QED) is 0.156. The van der Waals surface area contributed by atoms with Gasteiger partial charge in [-0.2, -0.15) is 10.5 Å². The Labute approximate surface area is 415 Å². The molecule has 0 heterocycles. The van der Waals surface area contributed by atoms with E-state index >= 15 is 9.59 Å². The van der Waals surface area contributed by atoms with E-state index in [2.05, 4.69) is 121 Å². The number of hydrogen-bond acceptors (Lipinski definition) is 7. The molecule has 10 aliphatic carbocycles. The van der Waals surface area contributed by atoms with Gasteiger partial charge in [-0.1, -0.05) is 106 Å². The number of nitrogens with zero attached hydrogens (tertiary/aromatic N) is 2. The summed E-state index contributed by atoms with van der Waals surface area (Å²) < 4.78 is 6.69. The minimum atomic E-state index is -0.757. The summed E-state index contributed by atoms with van der Waals surface area (Å²) in [5, 5.41) is 20.5. The van der Waals surface area contributed by atoms with Crippen LogP contribution in [-0.4, -0.2) is 23.5 Å². The van der Waals surface area contributed by atoms with E-state index in [1.165, 1.54) is 0 Å². The lowest BCUT2D eigenvalue weighted by Crippen LogP contribution is -2.67. The van der Waals surface area contributed by atoms with Gasteiger partial charge in [0.15, 0.2) is 11.6 Å². The predicted octanol–water partition coefficient (Wildman–Crippen LogP) is 13.8. The third-order valence-corrected chi connectivity index (χ3v) is 26.0. The Morgan fingerprint density at radius 2 is 0.870 bits per heavy atom. The minimum absolute atomic E-state index is 0.0160. The van der Waals surface area contributed by atoms with Crippen molar-refractivity contribution >= 4 is 23.5 Å². The maximum Gasteiger partial charge on any atom is 0.320 e. The molecule has 7 heteroatoms. The van der Waals surface area contributed by atoms with Crippen molar-refractivity contribution in [2.45, 2.75) is 186 Å². The molecule has 0 aliphatic heterocycles. The van der Waals surface area contributed by atoms with E-state index in [0.717, 1.165) is 88.2 Å². The van der Waals surface area contributed by atoms with Crippen LogP contribution in [0.3, 0.4) is 0 Å². The summed E-state index contributed by atoms with van der Waals surface area (Å²) >= 11 is 0. The SMILES string of the molecule is C=C(C)[C@@H]1CC[C@]2(C(=O)OC(=O)[C@]34CC[C@@H](C(=C)C)[C@@H]3C3CC[C@@H]5[C@@]6(C)C=C(C#N)C(=O)C(C)(C)[C@@H]6CC[C@@]5(C)[C@]3(C)CC4)CC[C@]3(C)C(CC[C@@H]4[C@@]5(C)C=C(C#N)C(=O)C(C)(C)[C@@H]5CC[C@]43C)[C@@H]12. The standard InChI is InChI=1S/C62H84N2O5/c1-35(2)39-19-25-61(29-27-57(11)41(47(39)61)15-17-45-55(9)31-37(33-63)49(65)53(5,6)43(55)21-23-59(45,57)13)51(67)69-52(68)62-26-20-40(36(3)4)48(62)42-16-18-46-56(10)32-38(34-64)50(66)54(7,8)44(56)22-24-60(46,14)58(42,12)28-30-62/h31-32,39-48H,1,3,15-30H2,2,4-14H3/t39-,40-,41?,42?,43-,44-,45+,46+,47+,48+,55-,56-,57+,58+,59+,60+,61-,62-/m0/s1. The van der Waals surface area contributed by atoms with Gasteiger partial charge < -0.3 is 4.74 Å². The van der Waals surface area contributed by atoms with Crippen LogP contribution >= 0.6 is 0 Å². The van der Waals surface area contributed by atoms with E-state index in [0.29, 0.717) is 48.7 Å². The molecular formula is C62H84N2O5. The molecule has 69 heavy (non-hydrogen) atoms. The maximum atomic E-state index is 15.6. The first-order valence-corrected chi connectivity index (χ1v) is 27.5. The third kappa shape index (κ3) is 5.78. The van der Waals surface area contributed by atoms with Crippen LogP contribution in [0.4, 0.5) is 0 Å². The molecular weight excluding hydrogens is 853 g/mol. The Hall–Kier alpha value is -3.58. The molecule has 0 saturated heterocycles. The van der Waals surface area contributed by atoms with Crippen molar-refractivity contribution in [2.75, 3.05) is 0 Å². The summed E-state index contributed by atoms with van der Waals surface area (Å²) in [5.74, 6) is 1.21. The second kappa shape index (κ2) is 15.0. The summed E-state index contributed by atoms with van der Waals surface area (Å²) in [6.07, 6.45) is 18.3. The topological polar surface area (TPSA) is 125 Å². The number of carbonyl (C=O) groups excluding carboxylic acids is 4. The van der Waals surface area contributed by atoms with Gasteiger partial charge in [-0.25, -0.2) is 0 Å². The molecule has 372 valence electrons. The fourth-order valence-electron chi connectivity index (χ4n) is 22.5. The number of esters is 2. The molecule has 0 amide bonds. The molecule has 10 aliphatic rings. The number of ether oxygens (including phenoxy) is 1. The van der Waals surface area contributed by atoms with Crippen LogP contribution in [-0.2, 0) is 23.9 Å². The molecule has 0 N–H and O–H groups in total. The average Bonchev–Trinajstić information content (AvgIpc) is 3.88. The molecule has 10 rings (SSSR count). The lowest BCUT2D eigenvalue weighted by molar-refractivity contribution is -0.229. The summed E-state index contributed by atoms with van der Waals surface area (Å²) in [4.78, 5) is 58.6. The number of allylic oxidation sites excluding steroid dienone is 6. The molecule has 0 radical (unpaired) electrons. The van der Waals surface area contributed by atoms with Crippen molar-refractivity contribution < 1.29 is 23.9 Å². The second-order valence-corrected chi connectivity index (χ2v) is 28.5. The molecule has 18 atom stereocenters. The number of fused-ring (bicyclic) bond motifs is 14. The Kier molecular flexibility index (Phi) is 10.7.